The van der Waals surface area contributed by atoms with E-state index >= 15 is 0 Å². The summed E-state index contributed by atoms with van der Waals surface area (Å²) in [6.07, 6.45) is 2.67. The van der Waals surface area contributed by atoms with Crippen molar-refractivity contribution in [1.29, 1.82) is 0 Å². The summed E-state index contributed by atoms with van der Waals surface area (Å²) in [7, 11) is 3.77. The zero-order valence-corrected chi connectivity index (χ0v) is 11.8. The van der Waals surface area contributed by atoms with Crippen LogP contribution >= 0.6 is 0 Å². The van der Waals surface area contributed by atoms with Crippen molar-refractivity contribution in [2.45, 2.75) is 19.9 Å². The summed E-state index contributed by atoms with van der Waals surface area (Å²) in [5.41, 5.74) is 1.09. The summed E-state index contributed by atoms with van der Waals surface area (Å²) < 4.78 is 10.3. The molecule has 0 saturated carbocycles. The highest BCUT2D eigenvalue weighted by Gasteiger charge is 2.30. The van der Waals surface area contributed by atoms with Crippen LogP contribution in [0.25, 0.3) is 0 Å². The molecule has 0 spiro atoms. The zero-order chi connectivity index (χ0) is 13.7. The second-order valence-electron chi connectivity index (χ2n) is 5.36. The molecule has 1 saturated heterocycles. The van der Waals surface area contributed by atoms with E-state index in [1.54, 1.807) is 13.3 Å². The molecule has 1 aromatic heterocycles. The average Bonchev–Trinajstić information content (AvgIpc) is 3.02. The quantitative estimate of drug-likeness (QED) is 0.653. The SMILES string of the molecule is CN=C(NCC1(C)CCOC1)N(C)Cc1ccon1. The maximum atomic E-state index is 5.46. The lowest BCUT2D eigenvalue weighted by Gasteiger charge is -2.27. The van der Waals surface area contributed by atoms with E-state index < -0.39 is 0 Å². The van der Waals surface area contributed by atoms with Gasteiger partial charge in [-0.2, -0.15) is 0 Å². The first-order valence-electron chi connectivity index (χ1n) is 6.52. The van der Waals surface area contributed by atoms with Crippen LogP contribution in [0.3, 0.4) is 0 Å². The van der Waals surface area contributed by atoms with Gasteiger partial charge in [0.05, 0.1) is 13.2 Å². The fraction of sp³-hybridized carbons (Fsp3) is 0.692. The van der Waals surface area contributed by atoms with Gasteiger partial charge in [-0.05, 0) is 6.42 Å². The molecule has 1 aliphatic rings. The maximum Gasteiger partial charge on any atom is 0.193 e. The Kier molecular flexibility index (Phi) is 4.42. The molecule has 0 radical (unpaired) electrons. The second kappa shape index (κ2) is 6.06. The van der Waals surface area contributed by atoms with Crippen LogP contribution in [0.1, 0.15) is 19.0 Å². The monoisotopic (exact) mass is 266 g/mol. The van der Waals surface area contributed by atoms with Gasteiger partial charge in [0.2, 0.25) is 0 Å². The van der Waals surface area contributed by atoms with Gasteiger partial charge in [0, 0.05) is 38.7 Å². The molecule has 0 aliphatic carbocycles. The minimum atomic E-state index is 0.199. The standard InChI is InChI=1S/C13H22N4O2/c1-13(5-7-18-10-13)9-15-12(14-2)17(3)8-11-4-6-19-16-11/h4,6H,5,7-10H2,1-3H3,(H,14,15). The molecule has 1 fully saturated rings. The number of guanidine groups is 1. The van der Waals surface area contributed by atoms with Crippen LogP contribution in [-0.4, -0.2) is 49.9 Å². The Labute approximate surface area is 113 Å². The number of rotatable bonds is 4. The van der Waals surface area contributed by atoms with Gasteiger partial charge in [-0.3, -0.25) is 4.99 Å². The van der Waals surface area contributed by atoms with Crippen LogP contribution in [0.5, 0.6) is 0 Å². The Hall–Kier alpha value is -1.56. The normalized spacial score (nSPS) is 23.6. The summed E-state index contributed by atoms with van der Waals surface area (Å²) >= 11 is 0. The fourth-order valence-corrected chi connectivity index (χ4v) is 2.16. The lowest BCUT2D eigenvalue weighted by atomic mass is 9.90. The third-order valence-corrected chi connectivity index (χ3v) is 3.44. The Morgan fingerprint density at radius 2 is 2.47 bits per heavy atom. The van der Waals surface area contributed by atoms with E-state index in [-0.39, 0.29) is 5.41 Å². The number of nitrogens with zero attached hydrogens (tertiary/aromatic N) is 3. The predicted octanol–water partition coefficient (Wildman–Crippen LogP) is 1.11. The van der Waals surface area contributed by atoms with Crippen molar-refractivity contribution in [3.8, 4) is 0 Å². The van der Waals surface area contributed by atoms with Crippen molar-refractivity contribution in [3.63, 3.8) is 0 Å². The van der Waals surface area contributed by atoms with E-state index in [2.05, 4.69) is 22.4 Å². The molecule has 1 atom stereocenters. The summed E-state index contributed by atoms with van der Waals surface area (Å²) in [6, 6.07) is 1.86. The molecule has 1 unspecified atom stereocenters. The largest absolute Gasteiger partial charge is 0.381 e. The highest BCUT2D eigenvalue weighted by Crippen LogP contribution is 2.26. The van der Waals surface area contributed by atoms with Gasteiger partial charge in [0.1, 0.15) is 12.0 Å². The van der Waals surface area contributed by atoms with Gasteiger partial charge in [0.15, 0.2) is 5.96 Å². The highest BCUT2D eigenvalue weighted by molar-refractivity contribution is 5.79. The smallest absolute Gasteiger partial charge is 0.193 e. The molecule has 2 rings (SSSR count). The van der Waals surface area contributed by atoms with Crippen molar-refractivity contribution in [2.75, 3.05) is 33.9 Å². The van der Waals surface area contributed by atoms with Gasteiger partial charge < -0.3 is 19.5 Å². The third-order valence-electron chi connectivity index (χ3n) is 3.44. The molecule has 19 heavy (non-hydrogen) atoms. The van der Waals surface area contributed by atoms with Crippen LogP contribution in [0.2, 0.25) is 0 Å². The molecule has 1 aliphatic heterocycles. The summed E-state index contributed by atoms with van der Waals surface area (Å²) in [5.74, 6) is 0.858. The number of hydrogen-bond acceptors (Lipinski definition) is 4. The first kappa shape index (κ1) is 13.9. The fourth-order valence-electron chi connectivity index (χ4n) is 2.16. The molecule has 0 amide bonds. The molecular weight excluding hydrogens is 244 g/mol. The summed E-state index contributed by atoms with van der Waals surface area (Å²) in [5, 5.41) is 7.31. The van der Waals surface area contributed by atoms with Gasteiger partial charge in [0.25, 0.3) is 0 Å². The first-order valence-corrected chi connectivity index (χ1v) is 6.52. The number of ether oxygens (including phenoxy) is 1. The van der Waals surface area contributed by atoms with Crippen molar-refractivity contribution in [3.05, 3.63) is 18.0 Å². The van der Waals surface area contributed by atoms with Crippen LogP contribution in [-0.2, 0) is 11.3 Å². The lowest BCUT2D eigenvalue weighted by molar-refractivity contribution is 0.160. The summed E-state index contributed by atoms with van der Waals surface area (Å²) in [6.45, 7) is 5.43. The van der Waals surface area contributed by atoms with E-state index in [1.807, 2.05) is 18.0 Å². The predicted molar refractivity (Wildman–Crippen MR) is 72.9 cm³/mol. The van der Waals surface area contributed by atoms with Gasteiger partial charge >= 0.3 is 0 Å². The average molecular weight is 266 g/mol. The van der Waals surface area contributed by atoms with E-state index in [9.17, 15) is 0 Å². The van der Waals surface area contributed by atoms with Crippen molar-refractivity contribution in [2.24, 2.45) is 10.4 Å². The second-order valence-corrected chi connectivity index (χ2v) is 5.36. The maximum absolute atomic E-state index is 5.46. The lowest BCUT2D eigenvalue weighted by Crippen LogP contribution is -2.43. The number of hydrogen-bond donors (Lipinski definition) is 1. The van der Waals surface area contributed by atoms with Gasteiger partial charge in [-0.1, -0.05) is 12.1 Å². The molecule has 0 aromatic carbocycles. The molecule has 0 bridgehead atoms. The molecule has 6 heteroatoms. The molecule has 1 N–H and O–H groups in total. The third kappa shape index (κ3) is 3.70. The van der Waals surface area contributed by atoms with Gasteiger partial charge in [-0.15, -0.1) is 0 Å². The van der Waals surface area contributed by atoms with Crippen molar-refractivity contribution in [1.82, 2.24) is 15.4 Å². The van der Waals surface area contributed by atoms with Gasteiger partial charge in [-0.25, -0.2) is 0 Å². The van der Waals surface area contributed by atoms with Crippen LogP contribution in [0.4, 0.5) is 0 Å². The topological polar surface area (TPSA) is 62.9 Å². The van der Waals surface area contributed by atoms with E-state index in [4.69, 9.17) is 9.26 Å². The van der Waals surface area contributed by atoms with E-state index in [1.165, 1.54) is 0 Å². The Morgan fingerprint density at radius 3 is 3.05 bits per heavy atom. The Balaban J connectivity index is 1.85. The minimum absolute atomic E-state index is 0.199. The van der Waals surface area contributed by atoms with Crippen LogP contribution < -0.4 is 5.32 Å². The Bertz CT molecular complexity index is 410. The van der Waals surface area contributed by atoms with E-state index in [0.717, 1.165) is 37.8 Å². The highest BCUT2D eigenvalue weighted by atomic mass is 16.5. The molecule has 106 valence electrons. The molecular formula is C13H22N4O2. The number of aromatic nitrogens is 1. The minimum Gasteiger partial charge on any atom is -0.381 e. The van der Waals surface area contributed by atoms with Crippen LogP contribution in [0.15, 0.2) is 21.8 Å². The van der Waals surface area contributed by atoms with E-state index in [0.29, 0.717) is 6.54 Å². The zero-order valence-electron chi connectivity index (χ0n) is 11.8. The van der Waals surface area contributed by atoms with Crippen molar-refractivity contribution < 1.29 is 9.26 Å². The summed E-state index contributed by atoms with van der Waals surface area (Å²) in [4.78, 5) is 6.32. The molecule has 6 nitrogen and oxygen atoms in total. The Morgan fingerprint density at radius 1 is 1.63 bits per heavy atom. The molecule has 1 aromatic rings. The van der Waals surface area contributed by atoms with Crippen LogP contribution in [0, 0.1) is 5.41 Å². The number of nitrogens with one attached hydrogen (secondary N) is 1. The van der Waals surface area contributed by atoms with Crippen molar-refractivity contribution >= 4 is 5.96 Å². The molecule has 2 heterocycles. The number of aliphatic imine (C=N–C) groups is 1. The first-order chi connectivity index (χ1) is 9.13.